The number of hydrogen-bond acceptors (Lipinski definition) is 4. The fourth-order valence-electron chi connectivity index (χ4n) is 1.75. The van der Waals surface area contributed by atoms with Gasteiger partial charge in [0, 0.05) is 6.54 Å². The van der Waals surface area contributed by atoms with E-state index in [1.54, 1.807) is 21.3 Å². The van der Waals surface area contributed by atoms with E-state index < -0.39 is 0 Å². The van der Waals surface area contributed by atoms with Gasteiger partial charge in [0.05, 0.1) is 21.3 Å². The molecule has 0 radical (unpaired) electrons. The SMILES string of the molecule is CCCNCC=Cc1cc(OC)c(OC)c(OC)c1. The Morgan fingerprint density at radius 1 is 1.05 bits per heavy atom. The van der Waals surface area contributed by atoms with Gasteiger partial charge in [-0.2, -0.15) is 0 Å². The van der Waals surface area contributed by atoms with Gasteiger partial charge >= 0.3 is 0 Å². The topological polar surface area (TPSA) is 39.7 Å². The Labute approximate surface area is 115 Å². The van der Waals surface area contributed by atoms with Crippen LogP contribution in [0.15, 0.2) is 18.2 Å². The molecule has 0 aliphatic carbocycles. The van der Waals surface area contributed by atoms with Crippen LogP contribution in [-0.2, 0) is 0 Å². The Hall–Kier alpha value is -1.68. The van der Waals surface area contributed by atoms with Gasteiger partial charge in [-0.15, -0.1) is 0 Å². The van der Waals surface area contributed by atoms with Crippen molar-refractivity contribution in [3.8, 4) is 17.2 Å². The highest BCUT2D eigenvalue weighted by molar-refractivity contribution is 5.62. The summed E-state index contributed by atoms with van der Waals surface area (Å²) < 4.78 is 15.9. The van der Waals surface area contributed by atoms with Crippen molar-refractivity contribution in [3.63, 3.8) is 0 Å². The molecule has 0 spiro atoms. The van der Waals surface area contributed by atoms with Crippen molar-refractivity contribution in [2.75, 3.05) is 34.4 Å². The molecule has 0 fully saturated rings. The summed E-state index contributed by atoms with van der Waals surface area (Å²) in [4.78, 5) is 0. The maximum atomic E-state index is 5.31. The molecule has 0 saturated carbocycles. The highest BCUT2D eigenvalue weighted by Gasteiger charge is 2.11. The van der Waals surface area contributed by atoms with Gasteiger partial charge in [-0.05, 0) is 30.7 Å². The molecule has 0 aromatic heterocycles. The zero-order valence-electron chi connectivity index (χ0n) is 12.2. The Balaban J connectivity index is 2.84. The fourth-order valence-corrected chi connectivity index (χ4v) is 1.75. The summed E-state index contributed by atoms with van der Waals surface area (Å²) in [7, 11) is 4.84. The van der Waals surface area contributed by atoms with Crippen LogP contribution in [0.1, 0.15) is 18.9 Å². The molecule has 1 N–H and O–H groups in total. The lowest BCUT2D eigenvalue weighted by atomic mass is 10.1. The lowest BCUT2D eigenvalue weighted by molar-refractivity contribution is 0.324. The first-order valence-corrected chi connectivity index (χ1v) is 6.44. The van der Waals surface area contributed by atoms with Crippen LogP contribution in [0.3, 0.4) is 0 Å². The van der Waals surface area contributed by atoms with E-state index in [9.17, 15) is 0 Å². The second-order valence-electron chi connectivity index (χ2n) is 4.07. The Kier molecular flexibility index (Phi) is 6.82. The number of benzene rings is 1. The minimum atomic E-state index is 0.617. The quantitative estimate of drug-likeness (QED) is 0.734. The van der Waals surface area contributed by atoms with Crippen LogP contribution in [0.5, 0.6) is 17.2 Å². The maximum absolute atomic E-state index is 5.31. The van der Waals surface area contributed by atoms with Gasteiger partial charge in [-0.3, -0.25) is 0 Å². The van der Waals surface area contributed by atoms with E-state index in [2.05, 4.69) is 18.3 Å². The van der Waals surface area contributed by atoms with E-state index in [1.165, 1.54) is 0 Å². The van der Waals surface area contributed by atoms with E-state index in [0.29, 0.717) is 17.2 Å². The van der Waals surface area contributed by atoms with Crippen LogP contribution in [-0.4, -0.2) is 34.4 Å². The zero-order valence-corrected chi connectivity index (χ0v) is 12.2. The summed E-state index contributed by atoms with van der Waals surface area (Å²) in [5.74, 6) is 1.96. The third-order valence-corrected chi connectivity index (χ3v) is 2.69. The van der Waals surface area contributed by atoms with Crippen molar-refractivity contribution < 1.29 is 14.2 Å². The number of ether oxygens (including phenoxy) is 3. The zero-order chi connectivity index (χ0) is 14.1. The Morgan fingerprint density at radius 2 is 1.68 bits per heavy atom. The summed E-state index contributed by atoms with van der Waals surface area (Å²) >= 11 is 0. The summed E-state index contributed by atoms with van der Waals surface area (Å²) in [6.45, 7) is 4.03. The standard InChI is InChI=1S/C15H23NO3/c1-5-8-16-9-6-7-12-10-13(17-2)15(19-4)14(11-12)18-3/h6-7,10-11,16H,5,8-9H2,1-4H3. The summed E-state index contributed by atoms with van der Waals surface area (Å²) in [6, 6.07) is 3.86. The summed E-state index contributed by atoms with van der Waals surface area (Å²) in [5, 5.41) is 3.31. The first-order chi connectivity index (χ1) is 9.26. The van der Waals surface area contributed by atoms with E-state index >= 15 is 0 Å². The third kappa shape index (κ3) is 4.48. The van der Waals surface area contributed by atoms with E-state index in [1.807, 2.05) is 18.2 Å². The Bertz CT molecular complexity index is 391. The average Bonchev–Trinajstić information content (AvgIpc) is 2.45. The minimum absolute atomic E-state index is 0.617. The predicted molar refractivity (Wildman–Crippen MR) is 78.3 cm³/mol. The first kappa shape index (κ1) is 15.4. The molecule has 0 heterocycles. The Morgan fingerprint density at radius 3 is 2.16 bits per heavy atom. The molecule has 0 aliphatic heterocycles. The van der Waals surface area contributed by atoms with E-state index in [0.717, 1.165) is 25.1 Å². The average molecular weight is 265 g/mol. The van der Waals surface area contributed by atoms with Crippen LogP contribution >= 0.6 is 0 Å². The lowest BCUT2D eigenvalue weighted by Crippen LogP contribution is -2.13. The van der Waals surface area contributed by atoms with Gasteiger partial charge in [0.1, 0.15) is 0 Å². The number of hydrogen-bond donors (Lipinski definition) is 1. The van der Waals surface area contributed by atoms with Crippen molar-refractivity contribution in [1.82, 2.24) is 5.32 Å². The molecule has 0 saturated heterocycles. The number of methoxy groups -OCH3 is 3. The van der Waals surface area contributed by atoms with E-state index in [4.69, 9.17) is 14.2 Å². The van der Waals surface area contributed by atoms with Gasteiger partial charge in [0.2, 0.25) is 5.75 Å². The normalized spacial score (nSPS) is 10.7. The van der Waals surface area contributed by atoms with Crippen LogP contribution in [0.25, 0.3) is 6.08 Å². The van der Waals surface area contributed by atoms with E-state index in [-0.39, 0.29) is 0 Å². The molecule has 4 heteroatoms. The number of nitrogens with one attached hydrogen (secondary N) is 1. The molecule has 1 aromatic carbocycles. The van der Waals surface area contributed by atoms with Crippen LogP contribution < -0.4 is 19.5 Å². The molecule has 0 unspecified atom stereocenters. The highest BCUT2D eigenvalue weighted by atomic mass is 16.5. The van der Waals surface area contributed by atoms with Crippen molar-refractivity contribution in [2.45, 2.75) is 13.3 Å². The van der Waals surface area contributed by atoms with Crippen LogP contribution in [0.2, 0.25) is 0 Å². The largest absolute Gasteiger partial charge is 0.493 e. The number of rotatable bonds is 8. The predicted octanol–water partition coefficient (Wildman–Crippen LogP) is 2.73. The molecule has 0 aliphatic rings. The molecule has 106 valence electrons. The van der Waals surface area contributed by atoms with Crippen molar-refractivity contribution >= 4 is 6.08 Å². The molecule has 19 heavy (non-hydrogen) atoms. The minimum Gasteiger partial charge on any atom is -0.493 e. The second-order valence-corrected chi connectivity index (χ2v) is 4.07. The molecular formula is C15H23NO3. The summed E-state index contributed by atoms with van der Waals surface area (Å²) in [6.07, 6.45) is 5.25. The first-order valence-electron chi connectivity index (χ1n) is 6.44. The van der Waals surface area contributed by atoms with Gasteiger partial charge in [0.15, 0.2) is 11.5 Å². The van der Waals surface area contributed by atoms with Crippen LogP contribution in [0, 0.1) is 0 Å². The van der Waals surface area contributed by atoms with Gasteiger partial charge in [-0.25, -0.2) is 0 Å². The second kappa shape index (κ2) is 8.43. The smallest absolute Gasteiger partial charge is 0.203 e. The van der Waals surface area contributed by atoms with Gasteiger partial charge < -0.3 is 19.5 Å². The molecule has 1 rings (SSSR count). The van der Waals surface area contributed by atoms with Gasteiger partial charge in [-0.1, -0.05) is 19.1 Å². The third-order valence-electron chi connectivity index (χ3n) is 2.69. The molecular weight excluding hydrogens is 242 g/mol. The summed E-state index contributed by atoms with van der Waals surface area (Å²) in [5.41, 5.74) is 1.02. The van der Waals surface area contributed by atoms with Crippen molar-refractivity contribution in [3.05, 3.63) is 23.8 Å². The lowest BCUT2D eigenvalue weighted by Gasteiger charge is -2.12. The monoisotopic (exact) mass is 265 g/mol. The molecule has 0 bridgehead atoms. The maximum Gasteiger partial charge on any atom is 0.203 e. The molecule has 0 atom stereocenters. The van der Waals surface area contributed by atoms with Crippen molar-refractivity contribution in [2.24, 2.45) is 0 Å². The fraction of sp³-hybridized carbons (Fsp3) is 0.467. The molecule has 0 amide bonds. The molecule has 4 nitrogen and oxygen atoms in total. The van der Waals surface area contributed by atoms with Crippen molar-refractivity contribution in [1.29, 1.82) is 0 Å². The highest BCUT2D eigenvalue weighted by Crippen LogP contribution is 2.38. The van der Waals surface area contributed by atoms with Crippen LogP contribution in [0.4, 0.5) is 0 Å². The molecule has 1 aromatic rings. The van der Waals surface area contributed by atoms with Gasteiger partial charge in [0.25, 0.3) is 0 Å².